The van der Waals surface area contributed by atoms with Gasteiger partial charge in [-0.3, -0.25) is 4.79 Å². The van der Waals surface area contributed by atoms with Crippen LogP contribution < -0.4 is 4.74 Å². The Hall–Kier alpha value is -2.30. The first kappa shape index (κ1) is 26.9. The topological polar surface area (TPSA) is 32.8 Å². The molecule has 2 aromatic rings. The van der Waals surface area contributed by atoms with E-state index in [-0.39, 0.29) is 18.3 Å². The van der Waals surface area contributed by atoms with Gasteiger partial charge in [0.25, 0.3) is 5.91 Å². The summed E-state index contributed by atoms with van der Waals surface area (Å²) in [7, 11) is 6.05. The van der Waals surface area contributed by atoms with Crippen LogP contribution in [0.3, 0.4) is 0 Å². The summed E-state index contributed by atoms with van der Waals surface area (Å²) in [4.78, 5) is 17.0. The van der Waals surface area contributed by atoms with E-state index >= 15 is 0 Å². The van der Waals surface area contributed by atoms with E-state index in [1.165, 1.54) is 17.6 Å². The number of carbonyl (C=O) groups is 1. The van der Waals surface area contributed by atoms with Gasteiger partial charge < -0.3 is 14.5 Å². The molecule has 4 nitrogen and oxygen atoms in total. The van der Waals surface area contributed by atoms with Crippen molar-refractivity contribution in [1.82, 2.24) is 9.80 Å². The predicted molar refractivity (Wildman–Crippen MR) is 141 cm³/mol. The standard InChI is InChI=1S/C28H38N2O2.ClH/c1-6-30(7-2)28(31)24-12-8-10-21(17-24)16-22-14-15-25(20-29(3)4)27(18-22)23-11-9-13-26(19-23)32-5;/h8-13,16-17,19,25,27H,6-7,14-15,18,20H2,1-5H3;1H/b22-16-;. The van der Waals surface area contributed by atoms with Crippen LogP contribution in [0, 0.1) is 5.92 Å². The Labute approximate surface area is 206 Å². The van der Waals surface area contributed by atoms with Gasteiger partial charge in [0, 0.05) is 25.2 Å². The van der Waals surface area contributed by atoms with Crippen molar-refractivity contribution in [3.8, 4) is 5.75 Å². The molecule has 0 saturated heterocycles. The van der Waals surface area contributed by atoms with Crippen molar-refractivity contribution in [3.63, 3.8) is 0 Å². The van der Waals surface area contributed by atoms with Crippen molar-refractivity contribution >= 4 is 24.4 Å². The quantitative estimate of drug-likeness (QED) is 0.465. The van der Waals surface area contributed by atoms with Crippen molar-refractivity contribution in [2.75, 3.05) is 40.8 Å². The van der Waals surface area contributed by atoms with Crippen LogP contribution in [0.25, 0.3) is 6.08 Å². The van der Waals surface area contributed by atoms with Gasteiger partial charge in [-0.05, 0) is 94.4 Å². The van der Waals surface area contributed by atoms with Crippen molar-refractivity contribution in [2.24, 2.45) is 5.92 Å². The van der Waals surface area contributed by atoms with Crippen LogP contribution in [0.4, 0.5) is 0 Å². The SMILES string of the molecule is CCN(CC)C(=O)c1cccc(/C=C2/CCC(CN(C)C)C(c3cccc(OC)c3)C2)c1.Cl. The number of benzene rings is 2. The molecule has 0 N–H and O–H groups in total. The summed E-state index contributed by atoms with van der Waals surface area (Å²) in [5, 5.41) is 0. The Morgan fingerprint density at radius 2 is 1.82 bits per heavy atom. The van der Waals surface area contributed by atoms with E-state index in [1.807, 2.05) is 43.0 Å². The highest BCUT2D eigenvalue weighted by atomic mass is 35.5. The molecule has 1 fully saturated rings. The molecule has 33 heavy (non-hydrogen) atoms. The lowest BCUT2D eigenvalue weighted by Crippen LogP contribution is -2.30. The summed E-state index contributed by atoms with van der Waals surface area (Å²) < 4.78 is 5.50. The number of nitrogens with zero attached hydrogens (tertiary/aromatic N) is 2. The molecule has 1 saturated carbocycles. The highest BCUT2D eigenvalue weighted by Crippen LogP contribution is 2.42. The van der Waals surface area contributed by atoms with Gasteiger partial charge in [0.15, 0.2) is 0 Å². The molecule has 0 spiro atoms. The number of hydrogen-bond acceptors (Lipinski definition) is 3. The summed E-state index contributed by atoms with van der Waals surface area (Å²) >= 11 is 0. The van der Waals surface area contributed by atoms with Gasteiger partial charge in [-0.2, -0.15) is 0 Å². The highest BCUT2D eigenvalue weighted by Gasteiger charge is 2.29. The summed E-state index contributed by atoms with van der Waals surface area (Å²) in [6, 6.07) is 16.6. The number of ether oxygens (including phenoxy) is 1. The molecule has 180 valence electrons. The monoisotopic (exact) mass is 470 g/mol. The first-order chi connectivity index (χ1) is 15.4. The molecule has 1 aliphatic rings. The van der Waals surface area contributed by atoms with E-state index in [2.05, 4.69) is 49.3 Å². The molecule has 1 amide bonds. The number of carbonyl (C=O) groups excluding carboxylic acids is 1. The third-order valence-electron chi connectivity index (χ3n) is 6.56. The minimum Gasteiger partial charge on any atom is -0.497 e. The summed E-state index contributed by atoms with van der Waals surface area (Å²) in [5.74, 6) is 2.11. The number of rotatable bonds is 8. The van der Waals surface area contributed by atoms with Gasteiger partial charge >= 0.3 is 0 Å². The number of allylic oxidation sites excluding steroid dienone is 1. The maximum atomic E-state index is 12.8. The van der Waals surface area contributed by atoms with Gasteiger partial charge in [0.05, 0.1) is 7.11 Å². The predicted octanol–water partition coefficient (Wildman–Crippen LogP) is 6.13. The molecule has 0 bridgehead atoms. The zero-order valence-corrected chi connectivity index (χ0v) is 21.5. The van der Waals surface area contributed by atoms with Crippen molar-refractivity contribution in [2.45, 2.75) is 39.0 Å². The summed E-state index contributed by atoms with van der Waals surface area (Å²) in [5.41, 5.74) is 4.70. The van der Waals surface area contributed by atoms with E-state index in [4.69, 9.17) is 4.74 Å². The van der Waals surface area contributed by atoms with Crippen molar-refractivity contribution in [3.05, 3.63) is 70.8 Å². The van der Waals surface area contributed by atoms with Gasteiger partial charge in [0.1, 0.15) is 5.75 Å². The third kappa shape index (κ3) is 7.09. The van der Waals surface area contributed by atoms with Gasteiger partial charge in [-0.1, -0.05) is 35.9 Å². The molecule has 2 atom stereocenters. The second kappa shape index (κ2) is 12.8. The lowest BCUT2D eigenvalue weighted by molar-refractivity contribution is 0.0773. The summed E-state index contributed by atoms with van der Waals surface area (Å²) in [6.45, 7) is 6.60. The number of amides is 1. The molecular weight excluding hydrogens is 432 g/mol. The van der Waals surface area contributed by atoms with Crippen molar-refractivity contribution < 1.29 is 9.53 Å². The smallest absolute Gasteiger partial charge is 0.253 e. The maximum absolute atomic E-state index is 12.8. The molecule has 3 rings (SSSR count). The van der Waals surface area contributed by atoms with Crippen LogP contribution in [0.15, 0.2) is 54.1 Å². The van der Waals surface area contributed by atoms with Crippen LogP contribution in [0.2, 0.25) is 0 Å². The van der Waals surface area contributed by atoms with E-state index in [1.54, 1.807) is 7.11 Å². The van der Waals surface area contributed by atoms with Crippen molar-refractivity contribution in [1.29, 1.82) is 0 Å². The summed E-state index contributed by atoms with van der Waals surface area (Å²) in [6.07, 6.45) is 5.62. The van der Waals surface area contributed by atoms with E-state index < -0.39 is 0 Å². The first-order valence-electron chi connectivity index (χ1n) is 11.8. The van der Waals surface area contributed by atoms with Crippen LogP contribution in [-0.4, -0.2) is 56.5 Å². The highest BCUT2D eigenvalue weighted by molar-refractivity contribution is 5.94. The fraction of sp³-hybridized carbons (Fsp3) is 0.464. The minimum atomic E-state index is 0. The Morgan fingerprint density at radius 3 is 2.48 bits per heavy atom. The molecule has 0 radical (unpaired) electrons. The largest absolute Gasteiger partial charge is 0.497 e. The molecular formula is C28H39ClN2O2. The zero-order valence-electron chi connectivity index (χ0n) is 20.7. The Kier molecular flexibility index (Phi) is 10.5. The van der Waals surface area contributed by atoms with E-state index in [0.29, 0.717) is 11.8 Å². The average Bonchev–Trinajstić information content (AvgIpc) is 2.80. The Morgan fingerprint density at radius 1 is 1.09 bits per heavy atom. The van der Waals surface area contributed by atoms with Crippen LogP contribution in [-0.2, 0) is 0 Å². The maximum Gasteiger partial charge on any atom is 0.253 e. The number of halogens is 1. The molecule has 0 aliphatic heterocycles. The second-order valence-corrected chi connectivity index (χ2v) is 9.05. The average molecular weight is 471 g/mol. The molecule has 2 unspecified atom stereocenters. The van der Waals surface area contributed by atoms with Gasteiger partial charge in [-0.25, -0.2) is 0 Å². The second-order valence-electron chi connectivity index (χ2n) is 9.05. The van der Waals surface area contributed by atoms with Crippen LogP contribution in [0.1, 0.15) is 60.5 Å². The molecule has 1 aliphatic carbocycles. The van der Waals surface area contributed by atoms with Gasteiger partial charge in [-0.15, -0.1) is 12.4 Å². The van der Waals surface area contributed by atoms with Crippen LogP contribution in [0.5, 0.6) is 5.75 Å². The van der Waals surface area contributed by atoms with E-state index in [0.717, 1.165) is 49.4 Å². The lowest BCUT2D eigenvalue weighted by atomic mass is 9.73. The number of hydrogen-bond donors (Lipinski definition) is 0. The first-order valence-corrected chi connectivity index (χ1v) is 11.8. The number of methoxy groups -OCH3 is 1. The zero-order chi connectivity index (χ0) is 23.1. The third-order valence-corrected chi connectivity index (χ3v) is 6.56. The van der Waals surface area contributed by atoms with Crippen LogP contribution >= 0.6 is 12.4 Å². The fourth-order valence-electron chi connectivity index (χ4n) is 4.89. The molecule has 5 heteroatoms. The Bertz CT molecular complexity index is 937. The lowest BCUT2D eigenvalue weighted by Gasteiger charge is -2.35. The fourth-order valence-corrected chi connectivity index (χ4v) is 4.89. The molecule has 2 aromatic carbocycles. The van der Waals surface area contributed by atoms with Gasteiger partial charge in [0.2, 0.25) is 0 Å². The Balaban J connectivity index is 0.00000385. The minimum absolute atomic E-state index is 0. The molecule has 0 heterocycles. The molecule has 0 aromatic heterocycles. The normalized spacial score (nSPS) is 19.3. The van der Waals surface area contributed by atoms with E-state index in [9.17, 15) is 4.79 Å².